The molecule has 5 heteroatoms. The fourth-order valence-electron chi connectivity index (χ4n) is 7.49. The highest BCUT2D eigenvalue weighted by molar-refractivity contribution is 6.21. The van der Waals surface area contributed by atoms with Crippen molar-refractivity contribution in [2.45, 2.75) is 56.9 Å². The monoisotopic (exact) mass is 538 g/mol. The van der Waals surface area contributed by atoms with Crippen LogP contribution in [-0.2, 0) is 5.41 Å². The number of benzene rings is 3. The van der Waals surface area contributed by atoms with Crippen molar-refractivity contribution in [1.29, 1.82) is 0 Å². The molecule has 0 bridgehead atoms. The quantitative estimate of drug-likeness (QED) is 0.313. The summed E-state index contributed by atoms with van der Waals surface area (Å²) >= 11 is 0. The van der Waals surface area contributed by atoms with Gasteiger partial charge in [-0.2, -0.15) is 0 Å². The Bertz CT molecular complexity index is 1220. The molecule has 1 aliphatic heterocycles. The van der Waals surface area contributed by atoms with Crippen molar-refractivity contribution in [3.8, 4) is 0 Å². The Balaban J connectivity index is 1.13. The summed E-state index contributed by atoms with van der Waals surface area (Å²) in [5.41, 5.74) is 8.43. The number of imide groups is 1. The second-order valence-corrected chi connectivity index (χ2v) is 12.0. The second kappa shape index (κ2) is 12.5. The van der Waals surface area contributed by atoms with Gasteiger partial charge in [0.2, 0.25) is 0 Å². The van der Waals surface area contributed by atoms with Gasteiger partial charge in [0.1, 0.15) is 0 Å². The maximum Gasteiger partial charge on any atom is 0.261 e. The largest absolute Gasteiger partial charge is 0.354 e. The minimum Gasteiger partial charge on any atom is -0.354 e. The van der Waals surface area contributed by atoms with E-state index in [0.717, 1.165) is 25.4 Å². The first-order valence-corrected chi connectivity index (χ1v) is 15.0. The van der Waals surface area contributed by atoms with Crippen LogP contribution in [0.1, 0.15) is 77.3 Å². The van der Waals surface area contributed by atoms with Crippen LogP contribution in [0.15, 0.2) is 84.9 Å². The fourth-order valence-corrected chi connectivity index (χ4v) is 7.49. The molecule has 3 aromatic rings. The van der Waals surface area contributed by atoms with Gasteiger partial charge in [0.25, 0.3) is 11.8 Å². The third kappa shape index (κ3) is 5.50. The molecule has 5 rings (SSSR count). The van der Waals surface area contributed by atoms with E-state index in [1.165, 1.54) is 48.1 Å². The van der Waals surface area contributed by atoms with Crippen LogP contribution >= 0.6 is 0 Å². The summed E-state index contributed by atoms with van der Waals surface area (Å²) in [5, 5.41) is 0. The van der Waals surface area contributed by atoms with E-state index in [1.54, 1.807) is 12.1 Å². The summed E-state index contributed by atoms with van der Waals surface area (Å²) in [6.45, 7) is 4.69. The van der Waals surface area contributed by atoms with Crippen LogP contribution in [0.2, 0.25) is 0 Å². The molecule has 0 radical (unpaired) electrons. The molecular weight excluding hydrogens is 494 g/mol. The van der Waals surface area contributed by atoms with Gasteiger partial charge in [-0.05, 0) is 94.3 Å². The maximum absolute atomic E-state index is 12.6. The predicted molar refractivity (Wildman–Crippen MR) is 160 cm³/mol. The number of quaternary nitrogens is 1. The van der Waals surface area contributed by atoms with E-state index < -0.39 is 0 Å². The van der Waals surface area contributed by atoms with Crippen molar-refractivity contribution < 1.29 is 15.3 Å². The summed E-state index contributed by atoms with van der Waals surface area (Å²) in [6.07, 6.45) is 6.97. The molecule has 1 aliphatic carbocycles. The van der Waals surface area contributed by atoms with Crippen LogP contribution in [0, 0.1) is 11.8 Å². The number of hydrogen-bond donors (Lipinski definition) is 1. The van der Waals surface area contributed by atoms with Crippen molar-refractivity contribution in [1.82, 2.24) is 9.80 Å². The van der Waals surface area contributed by atoms with Gasteiger partial charge in [0.15, 0.2) is 0 Å². The van der Waals surface area contributed by atoms with Gasteiger partial charge in [-0.3, -0.25) is 14.5 Å². The lowest BCUT2D eigenvalue weighted by molar-refractivity contribution is -0.431. The van der Waals surface area contributed by atoms with Gasteiger partial charge in [-0.15, -0.1) is 0 Å². The van der Waals surface area contributed by atoms with Crippen LogP contribution in [0.25, 0.3) is 0 Å². The van der Waals surface area contributed by atoms with E-state index in [4.69, 9.17) is 0 Å². The van der Waals surface area contributed by atoms with Crippen LogP contribution in [0.4, 0.5) is 0 Å². The number of carbonyl (C=O) groups is 2. The molecule has 3 N–H and O–H groups in total. The summed E-state index contributed by atoms with van der Waals surface area (Å²) < 4.78 is 0. The number of carbonyl (C=O) groups excluding carboxylic acids is 2. The van der Waals surface area contributed by atoms with Crippen molar-refractivity contribution in [2.75, 3.05) is 26.7 Å². The lowest BCUT2D eigenvalue weighted by Crippen LogP contribution is -2.70. The molecule has 40 heavy (non-hydrogen) atoms. The van der Waals surface area contributed by atoms with E-state index in [0.29, 0.717) is 23.6 Å². The molecule has 0 spiro atoms. The zero-order valence-corrected chi connectivity index (χ0v) is 24.1. The summed E-state index contributed by atoms with van der Waals surface area (Å²) in [4.78, 5) is 29.0. The third-order valence-electron chi connectivity index (χ3n) is 9.42. The van der Waals surface area contributed by atoms with Crippen LogP contribution in [0.5, 0.6) is 0 Å². The molecule has 3 unspecified atom stereocenters. The first-order chi connectivity index (χ1) is 19.4. The Morgan fingerprint density at radius 2 is 1.35 bits per heavy atom. The average molecular weight is 539 g/mol. The molecule has 5 nitrogen and oxygen atoms in total. The molecule has 0 saturated heterocycles. The molecule has 210 valence electrons. The zero-order chi connectivity index (χ0) is 28.1. The highest BCUT2D eigenvalue weighted by Crippen LogP contribution is 2.50. The van der Waals surface area contributed by atoms with Crippen molar-refractivity contribution in [2.24, 2.45) is 11.8 Å². The highest BCUT2D eigenvalue weighted by Gasteiger charge is 2.49. The maximum atomic E-state index is 12.6. The van der Waals surface area contributed by atoms with Crippen LogP contribution in [-0.4, -0.2) is 54.3 Å². The Morgan fingerprint density at radius 1 is 0.825 bits per heavy atom. The van der Waals surface area contributed by atoms with Crippen molar-refractivity contribution >= 4 is 11.8 Å². The van der Waals surface area contributed by atoms with Gasteiger partial charge in [0, 0.05) is 6.54 Å². The SMILES string of the molecule is CC([NH3+])C(c1ccccc1)(c1ccccc1)C1CCC(CCCN(C)CCCN2C(=O)c3ccccc3C2=O)C1. The molecule has 3 aromatic carbocycles. The lowest BCUT2D eigenvalue weighted by atomic mass is 9.61. The van der Waals surface area contributed by atoms with E-state index in [2.05, 4.69) is 85.3 Å². The number of rotatable bonds is 12. The van der Waals surface area contributed by atoms with Gasteiger partial charge < -0.3 is 10.6 Å². The first kappa shape index (κ1) is 28.3. The van der Waals surface area contributed by atoms with E-state index >= 15 is 0 Å². The minimum absolute atomic E-state index is 0.0713. The van der Waals surface area contributed by atoms with Crippen molar-refractivity contribution in [3.05, 3.63) is 107 Å². The van der Waals surface area contributed by atoms with Gasteiger partial charge in [-0.25, -0.2) is 0 Å². The number of hydrogen-bond acceptors (Lipinski definition) is 3. The van der Waals surface area contributed by atoms with Gasteiger partial charge >= 0.3 is 0 Å². The summed E-state index contributed by atoms with van der Waals surface area (Å²) in [7, 11) is 2.15. The molecule has 2 aliphatic rings. The molecule has 2 amide bonds. The highest BCUT2D eigenvalue weighted by atomic mass is 16.2. The Labute approximate surface area is 239 Å². The fraction of sp³-hybridized carbons (Fsp3) is 0.429. The van der Waals surface area contributed by atoms with Gasteiger partial charge in [0.05, 0.1) is 22.6 Å². The number of amides is 2. The van der Waals surface area contributed by atoms with E-state index in [-0.39, 0.29) is 23.3 Å². The van der Waals surface area contributed by atoms with E-state index in [1.807, 2.05) is 12.1 Å². The third-order valence-corrected chi connectivity index (χ3v) is 9.42. The van der Waals surface area contributed by atoms with E-state index in [9.17, 15) is 9.59 Å². The molecule has 1 fully saturated rings. The second-order valence-electron chi connectivity index (χ2n) is 12.0. The Morgan fingerprint density at radius 3 is 1.90 bits per heavy atom. The first-order valence-electron chi connectivity index (χ1n) is 15.0. The number of nitrogens with zero attached hydrogens (tertiary/aromatic N) is 2. The number of fused-ring (bicyclic) bond motifs is 1. The minimum atomic E-state index is -0.155. The molecule has 1 saturated carbocycles. The summed E-state index contributed by atoms with van der Waals surface area (Å²) in [5.74, 6) is 1.00. The molecule has 1 heterocycles. The molecule has 3 atom stereocenters. The average Bonchev–Trinajstić information content (AvgIpc) is 3.53. The predicted octanol–water partition coefficient (Wildman–Crippen LogP) is 5.42. The molecule has 0 aromatic heterocycles. The lowest BCUT2D eigenvalue weighted by Gasteiger charge is -2.42. The van der Waals surface area contributed by atoms with Crippen LogP contribution in [0.3, 0.4) is 0 Å². The van der Waals surface area contributed by atoms with Crippen molar-refractivity contribution in [3.63, 3.8) is 0 Å². The molecular formula is C35H44N3O2+. The standard InChI is InChI=1S/C35H43N3O2/c1-26(36)35(28-14-5-3-6-15-28,29-16-7-4-8-17-29)30-21-20-27(25-30)13-11-22-37(2)23-12-24-38-33(39)31-18-9-10-19-32(31)34(38)40/h3-10,14-19,26-27,30H,11-13,20-25,36H2,1-2H3/p+1. The normalized spacial score (nSPS) is 19.9. The topological polar surface area (TPSA) is 68.3 Å². The zero-order valence-electron chi connectivity index (χ0n) is 24.1. The Kier molecular flexibility index (Phi) is 8.82. The smallest absolute Gasteiger partial charge is 0.261 e. The van der Waals surface area contributed by atoms with Crippen LogP contribution < -0.4 is 5.73 Å². The summed E-state index contributed by atoms with van der Waals surface area (Å²) in [6, 6.07) is 29.5. The van der Waals surface area contributed by atoms with Gasteiger partial charge in [-0.1, -0.05) is 79.2 Å². The Hall–Kier alpha value is -3.28.